The first-order valence-corrected chi connectivity index (χ1v) is 15.9. The van der Waals surface area contributed by atoms with Crippen molar-refractivity contribution in [3.8, 4) is 0 Å². The minimum Gasteiger partial charge on any atom is -0.190 e. The molecule has 0 atom stereocenters. The predicted molar refractivity (Wildman–Crippen MR) is 176 cm³/mol. The fourth-order valence-electron chi connectivity index (χ4n) is 7.26. The molecule has 3 heterocycles. The topological polar surface area (TPSA) is 0 Å². The van der Waals surface area contributed by atoms with Gasteiger partial charge in [0.2, 0.25) is 0 Å². The smallest absolute Gasteiger partial charge is 0.190 e. The minimum absolute atomic E-state index is 0. The average molecular weight is 635 g/mol. The third-order valence-corrected chi connectivity index (χ3v) is 13.6. The SMILES string of the molecule is Cc1sc2c(C)c3c(C)c(C)c4c(sc5c(C)c6c(C)c7c(C)c(C)sc7c(C)c6c(C)c54)c3[c-]c2c1C.[Rb+]. The molecular weight excluding hydrogens is 602 g/mol. The summed E-state index contributed by atoms with van der Waals surface area (Å²) in [5.41, 5.74) is 12.9. The van der Waals surface area contributed by atoms with E-state index in [0.29, 0.717) is 0 Å². The summed E-state index contributed by atoms with van der Waals surface area (Å²) in [6.07, 6.45) is 0. The Kier molecular flexibility index (Phi) is 6.88. The van der Waals surface area contributed by atoms with Crippen LogP contribution in [-0.2, 0) is 0 Å². The van der Waals surface area contributed by atoms with E-state index in [0.717, 1.165) is 0 Å². The second-order valence-corrected chi connectivity index (χ2v) is 15.0. The molecule has 0 amide bonds. The van der Waals surface area contributed by atoms with E-state index < -0.39 is 0 Å². The number of fused-ring (bicyclic) bond motifs is 8. The van der Waals surface area contributed by atoms with Crippen LogP contribution in [0.2, 0.25) is 0 Å². The van der Waals surface area contributed by atoms with Gasteiger partial charge >= 0.3 is 58.2 Å². The number of hydrogen-bond acceptors (Lipinski definition) is 3. The predicted octanol–water partition coefficient (Wildman–Crippen LogP) is 8.99. The first kappa shape index (κ1) is 28.5. The molecule has 0 spiro atoms. The number of aryl methyl sites for hydroxylation is 11. The minimum atomic E-state index is 0. The van der Waals surface area contributed by atoms with Gasteiger partial charge in [-0.15, -0.1) is 22.8 Å². The number of rotatable bonds is 0. The van der Waals surface area contributed by atoms with E-state index in [1.807, 2.05) is 34.0 Å². The van der Waals surface area contributed by atoms with Gasteiger partial charge in [-0.05, 0) is 131 Å². The summed E-state index contributed by atoms with van der Waals surface area (Å²) < 4.78 is 5.75. The fraction of sp³-hybridized carbons (Fsp3) is 0.314. The molecule has 0 saturated heterocycles. The Hall–Kier alpha value is -0.655. The zero-order valence-corrected chi connectivity index (χ0v) is 32.6. The van der Waals surface area contributed by atoms with Crippen LogP contribution in [0.15, 0.2) is 0 Å². The summed E-state index contributed by atoms with van der Waals surface area (Å²) in [5, 5.41) is 11.4. The molecule has 39 heavy (non-hydrogen) atoms. The summed E-state index contributed by atoms with van der Waals surface area (Å²) in [6.45, 7) is 25.6. The molecule has 0 fully saturated rings. The van der Waals surface area contributed by atoms with Crippen LogP contribution < -0.4 is 58.2 Å². The number of hydrogen-bond donors (Lipinski definition) is 0. The molecule has 7 aromatic rings. The van der Waals surface area contributed by atoms with Crippen molar-refractivity contribution in [3.63, 3.8) is 0 Å². The molecule has 0 bridgehead atoms. The van der Waals surface area contributed by atoms with Crippen LogP contribution in [0.25, 0.3) is 61.9 Å². The first-order chi connectivity index (χ1) is 18.0. The van der Waals surface area contributed by atoms with Crippen molar-refractivity contribution >= 4 is 95.9 Å². The van der Waals surface area contributed by atoms with Gasteiger partial charge in [-0.1, -0.05) is 46.9 Å². The molecule has 0 saturated carbocycles. The van der Waals surface area contributed by atoms with Crippen LogP contribution in [0.1, 0.15) is 59.8 Å². The van der Waals surface area contributed by atoms with Gasteiger partial charge in [0.05, 0.1) is 0 Å². The second kappa shape index (κ2) is 9.43. The van der Waals surface area contributed by atoms with Gasteiger partial charge in [-0.2, -0.15) is 22.7 Å². The largest absolute Gasteiger partial charge is 1.00 e. The maximum Gasteiger partial charge on any atom is 1.00 e. The molecule has 0 unspecified atom stereocenters. The van der Waals surface area contributed by atoms with Gasteiger partial charge in [0.25, 0.3) is 0 Å². The summed E-state index contributed by atoms with van der Waals surface area (Å²) in [7, 11) is 0. The zero-order chi connectivity index (χ0) is 27.1. The standard InChI is InChI=1S/C35H33S3.Rb/c1-13-14(2)30-31-18(6)28-20(8)33-29(16(4)23(11)37-33)17(5)27(28)21(9)34(31)38-35(30)25-12-24-15(3)22(10)36-32(24)19(7)26(13)25;/h1-11H3;/q-1;+1. The molecule has 192 valence electrons. The Morgan fingerprint density at radius 1 is 0.333 bits per heavy atom. The summed E-state index contributed by atoms with van der Waals surface area (Å²) in [5.74, 6) is 0. The molecule has 4 aromatic carbocycles. The van der Waals surface area contributed by atoms with Gasteiger partial charge in [0.15, 0.2) is 0 Å². The van der Waals surface area contributed by atoms with Gasteiger partial charge in [-0.3, -0.25) is 0 Å². The van der Waals surface area contributed by atoms with Crippen LogP contribution in [0.5, 0.6) is 0 Å². The van der Waals surface area contributed by atoms with Gasteiger partial charge in [0.1, 0.15) is 0 Å². The molecule has 0 N–H and O–H groups in total. The normalized spacial score (nSPS) is 12.3. The molecule has 3 aromatic heterocycles. The molecule has 0 radical (unpaired) electrons. The van der Waals surface area contributed by atoms with Crippen LogP contribution in [0, 0.1) is 82.2 Å². The maximum absolute atomic E-state index is 3.97. The number of thiophene rings is 3. The monoisotopic (exact) mass is 634 g/mol. The molecule has 4 heteroatoms. The fourth-order valence-corrected chi connectivity index (χ4v) is 11.0. The first-order valence-electron chi connectivity index (χ1n) is 13.5. The van der Waals surface area contributed by atoms with E-state index >= 15 is 0 Å². The third-order valence-electron chi connectivity index (χ3n) is 9.62. The van der Waals surface area contributed by atoms with E-state index in [-0.39, 0.29) is 58.2 Å². The zero-order valence-electron chi connectivity index (χ0n) is 25.2. The number of benzene rings is 4. The van der Waals surface area contributed by atoms with Gasteiger partial charge < -0.3 is 0 Å². The summed E-state index contributed by atoms with van der Waals surface area (Å²) >= 11 is 5.91. The maximum atomic E-state index is 3.97. The molecule has 0 aliphatic carbocycles. The Bertz CT molecular complexity index is 2230. The van der Waals surface area contributed by atoms with E-state index in [4.69, 9.17) is 0 Å². The summed E-state index contributed by atoms with van der Waals surface area (Å²) in [6, 6.07) is 3.97. The van der Waals surface area contributed by atoms with Crippen molar-refractivity contribution in [3.05, 3.63) is 65.9 Å². The molecular formula is C35H33RbS3. The van der Waals surface area contributed by atoms with Crippen molar-refractivity contribution in [2.75, 3.05) is 0 Å². The molecule has 0 aliphatic rings. The van der Waals surface area contributed by atoms with Crippen LogP contribution >= 0.6 is 34.0 Å². The third kappa shape index (κ3) is 3.51. The Balaban J connectivity index is 0.00000277. The van der Waals surface area contributed by atoms with Crippen LogP contribution in [0.3, 0.4) is 0 Å². The van der Waals surface area contributed by atoms with Crippen molar-refractivity contribution in [1.82, 2.24) is 0 Å². The van der Waals surface area contributed by atoms with Crippen molar-refractivity contribution in [1.29, 1.82) is 0 Å². The van der Waals surface area contributed by atoms with E-state index in [9.17, 15) is 0 Å². The molecule has 0 aliphatic heterocycles. The Morgan fingerprint density at radius 2 is 0.795 bits per heavy atom. The molecule has 7 rings (SSSR count). The van der Waals surface area contributed by atoms with Gasteiger partial charge in [0, 0.05) is 14.3 Å². The average Bonchev–Trinajstić information content (AvgIpc) is 3.51. The van der Waals surface area contributed by atoms with E-state index in [2.05, 4.69) is 82.2 Å². The quantitative estimate of drug-likeness (QED) is 0.146. The van der Waals surface area contributed by atoms with Gasteiger partial charge in [-0.25, -0.2) is 0 Å². The Morgan fingerprint density at radius 3 is 1.44 bits per heavy atom. The summed E-state index contributed by atoms with van der Waals surface area (Å²) in [4.78, 5) is 2.85. The Labute approximate surface area is 292 Å². The van der Waals surface area contributed by atoms with E-state index in [1.54, 1.807) is 0 Å². The van der Waals surface area contributed by atoms with Crippen LogP contribution in [0.4, 0.5) is 0 Å². The van der Waals surface area contributed by atoms with Crippen molar-refractivity contribution in [2.45, 2.75) is 76.2 Å². The van der Waals surface area contributed by atoms with Crippen molar-refractivity contribution in [2.24, 2.45) is 0 Å². The van der Waals surface area contributed by atoms with Crippen molar-refractivity contribution < 1.29 is 58.2 Å². The molecule has 0 nitrogen and oxygen atoms in total. The van der Waals surface area contributed by atoms with E-state index in [1.165, 1.54) is 122 Å². The van der Waals surface area contributed by atoms with Crippen LogP contribution in [-0.4, -0.2) is 0 Å². The second-order valence-electron chi connectivity index (χ2n) is 11.5.